The van der Waals surface area contributed by atoms with Crippen molar-refractivity contribution < 1.29 is 0 Å². The van der Waals surface area contributed by atoms with Crippen LogP contribution in [-0.2, 0) is 6.54 Å². The van der Waals surface area contributed by atoms with Gasteiger partial charge in [-0.2, -0.15) is 0 Å². The van der Waals surface area contributed by atoms with Gasteiger partial charge >= 0.3 is 0 Å². The molecule has 0 aliphatic heterocycles. The Hall–Kier alpha value is -0.600. The normalized spacial score (nSPS) is 9.67. The number of hydrogen-bond acceptors (Lipinski definition) is 2. The molecule has 0 aliphatic carbocycles. The van der Waals surface area contributed by atoms with E-state index in [1.54, 1.807) is 0 Å². The molecule has 2 N–H and O–H groups in total. The van der Waals surface area contributed by atoms with Gasteiger partial charge in [0.15, 0.2) is 0 Å². The van der Waals surface area contributed by atoms with Crippen molar-refractivity contribution in [1.82, 2.24) is 4.98 Å². The van der Waals surface area contributed by atoms with Gasteiger partial charge < -0.3 is 5.73 Å². The summed E-state index contributed by atoms with van der Waals surface area (Å²) >= 11 is 0. The van der Waals surface area contributed by atoms with Crippen LogP contribution < -0.4 is 5.73 Å². The number of nitrogens with zero attached hydrogens (tertiary/aromatic N) is 1. The first-order chi connectivity index (χ1) is 5.24. The average molecular weight is 187 g/mol. The van der Waals surface area contributed by atoms with E-state index in [0.717, 1.165) is 5.69 Å². The first-order valence-electron chi connectivity index (χ1n) is 3.89. The third-order valence-corrected chi connectivity index (χ3v) is 1.72. The maximum Gasteiger partial charge on any atom is 0.0539 e. The highest BCUT2D eigenvalue weighted by atomic mass is 35.5. The molecule has 0 radical (unpaired) electrons. The van der Waals surface area contributed by atoms with Crippen LogP contribution in [0.5, 0.6) is 0 Å². The maximum absolute atomic E-state index is 5.41. The molecular formula is C9H15ClN2. The fraction of sp³-hybridized carbons (Fsp3) is 0.444. The van der Waals surface area contributed by atoms with Crippen LogP contribution in [0.25, 0.3) is 0 Å². The molecule has 0 saturated carbocycles. The Labute approximate surface area is 79.6 Å². The number of aromatic nitrogens is 1. The summed E-state index contributed by atoms with van der Waals surface area (Å²) in [6, 6.07) is 4.06. The monoisotopic (exact) mass is 186 g/mol. The van der Waals surface area contributed by atoms with Gasteiger partial charge in [-0.1, -0.05) is 19.9 Å². The van der Waals surface area contributed by atoms with Crippen LogP contribution in [0.1, 0.15) is 31.0 Å². The molecule has 12 heavy (non-hydrogen) atoms. The van der Waals surface area contributed by atoms with Gasteiger partial charge in [-0.25, -0.2) is 0 Å². The van der Waals surface area contributed by atoms with Crippen LogP contribution in [-0.4, -0.2) is 4.98 Å². The molecule has 0 amide bonds. The van der Waals surface area contributed by atoms with Crippen LogP contribution in [0.3, 0.4) is 0 Å². The predicted molar refractivity (Wildman–Crippen MR) is 53.5 cm³/mol. The summed E-state index contributed by atoms with van der Waals surface area (Å²) in [5.74, 6) is 0.550. The van der Waals surface area contributed by atoms with Crippen molar-refractivity contribution >= 4 is 12.4 Å². The van der Waals surface area contributed by atoms with E-state index in [1.165, 1.54) is 5.56 Å². The molecule has 1 heterocycles. The number of rotatable bonds is 2. The molecule has 0 spiro atoms. The van der Waals surface area contributed by atoms with Crippen molar-refractivity contribution in [2.45, 2.75) is 26.3 Å². The molecule has 0 atom stereocenters. The lowest BCUT2D eigenvalue weighted by Crippen LogP contribution is -1.99. The fourth-order valence-electron chi connectivity index (χ4n) is 0.898. The lowest BCUT2D eigenvalue weighted by atomic mass is 10.1. The molecular weight excluding hydrogens is 172 g/mol. The van der Waals surface area contributed by atoms with Gasteiger partial charge in [0.25, 0.3) is 0 Å². The van der Waals surface area contributed by atoms with Gasteiger partial charge in [-0.15, -0.1) is 12.4 Å². The Balaban J connectivity index is 0.00000121. The Bertz CT molecular complexity index is 218. The Morgan fingerprint density at radius 3 is 2.42 bits per heavy atom. The summed E-state index contributed by atoms with van der Waals surface area (Å²) in [4.78, 5) is 4.19. The lowest BCUT2D eigenvalue weighted by molar-refractivity contribution is 0.849. The van der Waals surface area contributed by atoms with E-state index in [0.29, 0.717) is 12.5 Å². The van der Waals surface area contributed by atoms with E-state index in [4.69, 9.17) is 5.73 Å². The zero-order valence-electron chi connectivity index (χ0n) is 7.45. The zero-order valence-corrected chi connectivity index (χ0v) is 8.27. The van der Waals surface area contributed by atoms with E-state index >= 15 is 0 Å². The van der Waals surface area contributed by atoms with Crippen LogP contribution in [0, 0.1) is 0 Å². The van der Waals surface area contributed by atoms with Crippen LogP contribution in [0.4, 0.5) is 0 Å². The maximum atomic E-state index is 5.41. The van der Waals surface area contributed by atoms with Gasteiger partial charge in [0, 0.05) is 12.7 Å². The minimum atomic E-state index is 0. The highest BCUT2D eigenvalue weighted by Gasteiger charge is 1.97. The second kappa shape index (κ2) is 5.12. The van der Waals surface area contributed by atoms with E-state index in [1.807, 2.05) is 12.3 Å². The molecule has 1 aromatic rings. The number of hydrogen-bond donors (Lipinski definition) is 1. The van der Waals surface area contributed by atoms with Crippen molar-refractivity contribution in [3.8, 4) is 0 Å². The first-order valence-corrected chi connectivity index (χ1v) is 3.89. The summed E-state index contributed by atoms with van der Waals surface area (Å²) in [7, 11) is 0. The smallest absolute Gasteiger partial charge is 0.0539 e. The molecule has 0 unspecified atom stereocenters. The molecule has 1 aromatic heterocycles. The van der Waals surface area contributed by atoms with Crippen LogP contribution in [0.15, 0.2) is 18.3 Å². The Kier molecular flexibility index (Phi) is 4.86. The average Bonchev–Trinajstić information content (AvgIpc) is 2.05. The topological polar surface area (TPSA) is 38.9 Å². The minimum absolute atomic E-state index is 0. The molecule has 68 valence electrons. The summed E-state index contributed by atoms with van der Waals surface area (Å²) in [6.07, 6.45) is 1.90. The van der Waals surface area contributed by atoms with Gasteiger partial charge in [0.2, 0.25) is 0 Å². The third-order valence-electron chi connectivity index (χ3n) is 1.72. The first kappa shape index (κ1) is 11.4. The van der Waals surface area contributed by atoms with E-state index in [2.05, 4.69) is 24.9 Å². The number of nitrogens with two attached hydrogens (primary N) is 1. The second-order valence-electron chi connectivity index (χ2n) is 2.94. The van der Waals surface area contributed by atoms with Crippen molar-refractivity contribution in [1.29, 1.82) is 0 Å². The van der Waals surface area contributed by atoms with Gasteiger partial charge in [-0.05, 0) is 17.5 Å². The molecule has 0 aromatic carbocycles. The number of halogens is 1. The quantitative estimate of drug-likeness (QED) is 0.768. The predicted octanol–water partition coefficient (Wildman–Crippen LogP) is 2.09. The van der Waals surface area contributed by atoms with E-state index in [9.17, 15) is 0 Å². The summed E-state index contributed by atoms with van der Waals surface area (Å²) in [5, 5.41) is 0. The summed E-state index contributed by atoms with van der Waals surface area (Å²) in [6.45, 7) is 4.83. The van der Waals surface area contributed by atoms with E-state index in [-0.39, 0.29) is 12.4 Å². The molecule has 0 aliphatic rings. The van der Waals surface area contributed by atoms with Crippen LogP contribution in [0.2, 0.25) is 0 Å². The highest BCUT2D eigenvalue weighted by molar-refractivity contribution is 5.85. The van der Waals surface area contributed by atoms with Gasteiger partial charge in [0.05, 0.1) is 5.69 Å². The zero-order chi connectivity index (χ0) is 8.27. The van der Waals surface area contributed by atoms with Crippen molar-refractivity contribution in [2.24, 2.45) is 5.73 Å². The SMILES string of the molecule is CC(C)c1ccc(CN)nc1.Cl. The number of pyridine rings is 1. The largest absolute Gasteiger partial charge is 0.325 e. The van der Waals surface area contributed by atoms with Gasteiger partial charge in [0.1, 0.15) is 0 Å². The van der Waals surface area contributed by atoms with E-state index < -0.39 is 0 Å². The second-order valence-corrected chi connectivity index (χ2v) is 2.94. The van der Waals surface area contributed by atoms with Crippen molar-refractivity contribution in [2.75, 3.05) is 0 Å². The Morgan fingerprint density at radius 2 is 2.08 bits per heavy atom. The molecule has 0 bridgehead atoms. The van der Waals surface area contributed by atoms with Crippen LogP contribution >= 0.6 is 12.4 Å². The standard InChI is InChI=1S/C9H14N2.ClH/c1-7(2)8-3-4-9(5-10)11-6-8;/h3-4,6-7H,5,10H2,1-2H3;1H. The minimum Gasteiger partial charge on any atom is -0.325 e. The molecule has 2 nitrogen and oxygen atoms in total. The molecule has 0 fully saturated rings. The molecule has 1 rings (SSSR count). The Morgan fingerprint density at radius 1 is 1.42 bits per heavy atom. The summed E-state index contributed by atoms with van der Waals surface area (Å²) in [5.41, 5.74) is 7.63. The molecule has 3 heteroatoms. The lowest BCUT2D eigenvalue weighted by Gasteiger charge is -2.04. The molecule has 0 saturated heterocycles. The fourth-order valence-corrected chi connectivity index (χ4v) is 0.898. The van der Waals surface area contributed by atoms with Gasteiger partial charge in [-0.3, -0.25) is 4.98 Å². The van der Waals surface area contributed by atoms with Crippen molar-refractivity contribution in [3.05, 3.63) is 29.6 Å². The highest BCUT2D eigenvalue weighted by Crippen LogP contribution is 2.12. The third kappa shape index (κ3) is 2.80. The van der Waals surface area contributed by atoms with Crippen molar-refractivity contribution in [3.63, 3.8) is 0 Å². The summed E-state index contributed by atoms with van der Waals surface area (Å²) < 4.78 is 0.